The lowest BCUT2D eigenvalue weighted by Gasteiger charge is -2.31. The third-order valence-electron chi connectivity index (χ3n) is 13.4. The van der Waals surface area contributed by atoms with E-state index in [9.17, 15) is 9.59 Å². The summed E-state index contributed by atoms with van der Waals surface area (Å²) in [5.41, 5.74) is 5.52. The van der Waals surface area contributed by atoms with E-state index in [-0.39, 0.29) is 41.9 Å². The van der Waals surface area contributed by atoms with E-state index in [4.69, 9.17) is 52.9 Å². The maximum Gasteiger partial charge on any atom is 0.257 e. The van der Waals surface area contributed by atoms with E-state index in [0.29, 0.717) is 115 Å². The molecule has 6 heterocycles. The number of carbonyl (C=O) groups is 2. The van der Waals surface area contributed by atoms with Crippen LogP contribution in [-0.2, 0) is 27.4 Å². The number of amides is 2. The predicted octanol–water partition coefficient (Wildman–Crippen LogP) is 7.85. The van der Waals surface area contributed by atoms with Crippen LogP contribution in [0.3, 0.4) is 0 Å². The Morgan fingerprint density at radius 2 is 1.25 bits per heavy atom. The summed E-state index contributed by atoms with van der Waals surface area (Å²) in [5, 5.41) is 0. The molecule has 394 valence electrons. The van der Waals surface area contributed by atoms with Crippen LogP contribution in [0.1, 0.15) is 72.6 Å². The Morgan fingerprint density at radius 1 is 0.712 bits per heavy atom. The Morgan fingerprint density at radius 3 is 1.77 bits per heavy atom. The van der Waals surface area contributed by atoms with Crippen LogP contribution in [0.15, 0.2) is 69.7 Å². The molecule has 0 saturated carbocycles. The van der Waals surface area contributed by atoms with Gasteiger partial charge in [-0.2, -0.15) is 0 Å². The largest absolute Gasteiger partial charge is 0.493 e. The molecule has 3 saturated heterocycles. The molecule has 73 heavy (non-hydrogen) atoms. The van der Waals surface area contributed by atoms with E-state index in [2.05, 4.69) is 42.1 Å². The molecule has 2 aromatic carbocycles. The zero-order valence-corrected chi connectivity index (χ0v) is 45.0. The molecule has 2 amide bonds. The molecule has 17 nitrogen and oxygen atoms in total. The Labute approximate surface area is 438 Å². The van der Waals surface area contributed by atoms with Gasteiger partial charge in [0.15, 0.2) is 23.0 Å². The van der Waals surface area contributed by atoms with E-state index in [1.807, 2.05) is 59.0 Å². The van der Waals surface area contributed by atoms with Gasteiger partial charge in [0, 0.05) is 93.8 Å². The highest BCUT2D eigenvalue weighted by Gasteiger charge is 2.36. The Kier molecular flexibility index (Phi) is 19.2. The summed E-state index contributed by atoms with van der Waals surface area (Å²) < 4.78 is 48.4. The minimum absolute atomic E-state index is 0.0162. The van der Waals surface area contributed by atoms with Gasteiger partial charge in [-0.1, -0.05) is 44.9 Å². The average molecular weight is 1040 g/mol. The Balaban J connectivity index is 0.972. The number of morpholine rings is 1. The average Bonchev–Trinajstić information content (AvgIpc) is 3.97. The standard InChI is InChI=1S/C54H71N7O10S2/c1-8-37-22-41-30-55-46-28-50(48(64-5)26-44(46)52(62)60(41)32-37)70-34-39-24-43(69-19-14-59(36-54(3,4)73-72-7)13-18-68-21-20-67-17-12-58-10-15-66-16-11-58)25-40(57-39)35-71-51-29-47-45(27-49(51)65-6)53(63)61-33-38(9-2)23-42(61)31-56-47/h8-9,24-31,41-42H,10-23,32-36H2,1-7H3/b37-8+,38-9+/t41-,42-/m0/s1. The maximum atomic E-state index is 13.8. The Bertz CT molecular complexity index is 2400. The second-order valence-corrected chi connectivity index (χ2v) is 22.2. The number of benzene rings is 2. The predicted molar refractivity (Wildman–Crippen MR) is 288 cm³/mol. The minimum Gasteiger partial charge on any atom is -0.493 e. The van der Waals surface area contributed by atoms with Crippen LogP contribution in [0.2, 0.25) is 0 Å². The molecular formula is C54H71N7O10S2. The molecule has 0 N–H and O–H groups in total. The molecule has 0 bridgehead atoms. The molecule has 1 aromatic heterocycles. The number of fused-ring (bicyclic) bond motifs is 4. The smallest absolute Gasteiger partial charge is 0.257 e. The van der Waals surface area contributed by atoms with Gasteiger partial charge in [0.1, 0.15) is 25.6 Å². The van der Waals surface area contributed by atoms with Gasteiger partial charge in [0.05, 0.1) is 99.8 Å². The lowest BCUT2D eigenvalue weighted by Crippen LogP contribution is -2.40. The zero-order valence-electron chi connectivity index (χ0n) is 43.4. The number of allylic oxidation sites excluding steroid dienone is 2. The molecule has 8 rings (SSSR count). The Hall–Kier alpha value is -5.15. The van der Waals surface area contributed by atoms with Gasteiger partial charge in [-0.15, -0.1) is 0 Å². The number of aromatic nitrogens is 1. The summed E-state index contributed by atoms with van der Waals surface area (Å²) in [5.74, 6) is 2.05. The van der Waals surface area contributed by atoms with Crippen molar-refractivity contribution in [3.63, 3.8) is 0 Å². The summed E-state index contributed by atoms with van der Waals surface area (Å²) in [6.45, 7) is 19.0. The second-order valence-electron chi connectivity index (χ2n) is 19.1. The molecule has 3 fully saturated rings. The van der Waals surface area contributed by atoms with Crippen LogP contribution in [0.25, 0.3) is 0 Å². The van der Waals surface area contributed by atoms with Crippen molar-refractivity contribution in [2.75, 3.05) is 119 Å². The van der Waals surface area contributed by atoms with Crippen molar-refractivity contribution in [3.05, 3.63) is 82.2 Å². The third-order valence-corrected chi connectivity index (χ3v) is 16.1. The van der Waals surface area contributed by atoms with Crippen LogP contribution >= 0.6 is 21.6 Å². The van der Waals surface area contributed by atoms with Gasteiger partial charge in [0.25, 0.3) is 11.8 Å². The summed E-state index contributed by atoms with van der Waals surface area (Å²) in [4.78, 5) is 50.5. The van der Waals surface area contributed by atoms with Crippen molar-refractivity contribution < 1.29 is 47.5 Å². The minimum atomic E-state index is -0.110. The molecule has 3 aromatic rings. The van der Waals surface area contributed by atoms with E-state index >= 15 is 0 Å². The molecule has 0 spiro atoms. The molecular weight excluding hydrogens is 971 g/mol. The highest BCUT2D eigenvalue weighted by atomic mass is 33.1. The number of aliphatic imine (C=N–C) groups is 2. The van der Waals surface area contributed by atoms with E-state index < -0.39 is 0 Å². The van der Waals surface area contributed by atoms with Gasteiger partial charge in [0.2, 0.25) is 0 Å². The van der Waals surface area contributed by atoms with Gasteiger partial charge in [-0.25, -0.2) is 0 Å². The summed E-state index contributed by atoms with van der Waals surface area (Å²) in [6.07, 6.45) is 11.4. The number of rotatable bonds is 25. The van der Waals surface area contributed by atoms with Gasteiger partial charge >= 0.3 is 0 Å². The topological polar surface area (TPSA) is 159 Å². The van der Waals surface area contributed by atoms with Crippen LogP contribution in [0, 0.1) is 0 Å². The summed E-state index contributed by atoms with van der Waals surface area (Å²) >= 11 is 0. The number of nitrogens with zero attached hydrogens (tertiary/aromatic N) is 7. The fraction of sp³-hybridized carbons (Fsp3) is 0.537. The van der Waals surface area contributed by atoms with E-state index in [1.165, 1.54) is 11.1 Å². The van der Waals surface area contributed by atoms with Crippen molar-refractivity contribution >= 4 is 57.2 Å². The summed E-state index contributed by atoms with van der Waals surface area (Å²) in [6, 6.07) is 10.4. The first-order valence-electron chi connectivity index (χ1n) is 25.2. The number of hydrogen-bond acceptors (Lipinski definition) is 17. The molecule has 5 aliphatic rings. The quantitative estimate of drug-likeness (QED) is 0.0459. The van der Waals surface area contributed by atoms with E-state index in [0.717, 1.165) is 58.8 Å². The SMILES string of the molecule is C/C=C1\C[C@H]2C=Nc3cc(OCc4cc(OCCN(CCOCCOCCN5CCOCC5)CC(C)(C)SSC)cc(COc5cc6c(cc5OC)C(=O)N5C/C(=C/C)C[C@H]5C=N6)n4)c(OC)cc3C(=O)N2C1. The van der Waals surface area contributed by atoms with Gasteiger partial charge < -0.3 is 47.7 Å². The van der Waals surface area contributed by atoms with Gasteiger partial charge in [-0.05, 0) is 58.9 Å². The maximum absolute atomic E-state index is 13.8. The molecule has 5 aliphatic heterocycles. The normalized spacial score (nSPS) is 19.8. The van der Waals surface area contributed by atoms with Crippen molar-refractivity contribution in [3.8, 4) is 28.7 Å². The van der Waals surface area contributed by atoms with Crippen molar-refractivity contribution in [1.82, 2.24) is 24.6 Å². The molecule has 0 unspecified atom stereocenters. The highest BCUT2D eigenvalue weighted by molar-refractivity contribution is 8.77. The zero-order chi connectivity index (χ0) is 51.3. The number of methoxy groups -OCH3 is 2. The fourth-order valence-corrected chi connectivity index (χ4v) is 11.8. The van der Waals surface area contributed by atoms with Crippen LogP contribution in [-0.4, -0.2) is 185 Å². The molecule has 2 atom stereocenters. The lowest BCUT2D eigenvalue weighted by atomic mass is 10.1. The monoisotopic (exact) mass is 1040 g/mol. The second kappa shape index (κ2) is 25.9. The van der Waals surface area contributed by atoms with Crippen molar-refractivity contribution in [1.29, 1.82) is 0 Å². The number of pyridine rings is 1. The molecule has 0 aliphatic carbocycles. The van der Waals surface area contributed by atoms with Crippen LogP contribution in [0.5, 0.6) is 28.7 Å². The third kappa shape index (κ3) is 14.2. The summed E-state index contributed by atoms with van der Waals surface area (Å²) in [7, 11) is 6.72. The first kappa shape index (κ1) is 54.1. The van der Waals surface area contributed by atoms with E-state index in [1.54, 1.807) is 49.3 Å². The fourth-order valence-electron chi connectivity index (χ4n) is 9.57. The number of carbonyl (C=O) groups excluding carboxylic acids is 2. The van der Waals surface area contributed by atoms with Crippen LogP contribution < -0.4 is 23.7 Å². The van der Waals surface area contributed by atoms with Crippen molar-refractivity contribution in [2.24, 2.45) is 9.98 Å². The van der Waals surface area contributed by atoms with Gasteiger partial charge in [-0.3, -0.25) is 34.4 Å². The molecule has 19 heteroatoms. The molecule has 0 radical (unpaired) electrons. The van der Waals surface area contributed by atoms with Crippen molar-refractivity contribution in [2.45, 2.75) is 70.6 Å². The highest BCUT2D eigenvalue weighted by Crippen LogP contribution is 2.41. The lowest BCUT2D eigenvalue weighted by molar-refractivity contribution is 0.00544. The first-order chi connectivity index (χ1) is 35.5. The van der Waals surface area contributed by atoms with Crippen LogP contribution in [0.4, 0.5) is 11.4 Å². The first-order valence-corrected chi connectivity index (χ1v) is 27.7. The number of hydrogen-bond donors (Lipinski definition) is 0. The number of ether oxygens (including phenoxy) is 8.